The SMILES string of the molecule is CSc1ncccc1C(=O)N1CCC[C@H]1C(=O)Nc1ccc(C=Cc2ccc(NC(=O)[C@@H]3CCCN3C(=O)c3cccnc3SC)cc2)cc1. The average Bonchev–Trinajstić information content (AvgIpc) is 3.86. The molecule has 4 amide bonds. The summed E-state index contributed by atoms with van der Waals surface area (Å²) in [5, 5.41) is 7.26. The number of carbonyl (C=O) groups excluding carboxylic acids is 4. The second kappa shape index (κ2) is 16.2. The van der Waals surface area contributed by atoms with Crippen molar-refractivity contribution in [1.29, 1.82) is 0 Å². The first-order chi connectivity index (χ1) is 24.4. The molecule has 2 aromatic carbocycles. The van der Waals surface area contributed by atoms with Crippen LogP contribution in [0.25, 0.3) is 12.2 Å². The Balaban J connectivity index is 1.02. The van der Waals surface area contributed by atoms with Crippen LogP contribution in [-0.4, -0.2) is 81.1 Å². The zero-order valence-electron chi connectivity index (χ0n) is 27.9. The van der Waals surface area contributed by atoms with Crippen molar-refractivity contribution in [3.05, 3.63) is 107 Å². The van der Waals surface area contributed by atoms with Crippen LogP contribution in [0.1, 0.15) is 57.5 Å². The number of thioether (sulfide) groups is 2. The van der Waals surface area contributed by atoms with Crippen molar-refractivity contribution in [2.45, 2.75) is 47.8 Å². The number of likely N-dealkylation sites (tertiary alicyclic amines) is 2. The van der Waals surface area contributed by atoms with E-state index in [1.807, 2.05) is 73.2 Å². The second-order valence-corrected chi connectivity index (χ2v) is 13.6. The van der Waals surface area contributed by atoms with Gasteiger partial charge >= 0.3 is 0 Å². The third kappa shape index (κ3) is 7.92. The first-order valence-electron chi connectivity index (χ1n) is 16.5. The molecule has 6 rings (SSSR count). The first kappa shape index (κ1) is 34.9. The third-order valence-electron chi connectivity index (χ3n) is 8.85. The number of nitrogens with one attached hydrogen (secondary N) is 2. The van der Waals surface area contributed by atoms with E-state index < -0.39 is 12.1 Å². The van der Waals surface area contributed by atoms with Crippen molar-refractivity contribution in [1.82, 2.24) is 19.8 Å². The van der Waals surface area contributed by atoms with E-state index in [9.17, 15) is 19.2 Å². The molecule has 0 spiro atoms. The molecule has 256 valence electrons. The molecule has 2 aliphatic heterocycles. The molecule has 4 aromatic rings. The van der Waals surface area contributed by atoms with Gasteiger partial charge in [-0.3, -0.25) is 19.2 Å². The Bertz CT molecular complexity index is 1760. The van der Waals surface area contributed by atoms with Gasteiger partial charge in [0.15, 0.2) is 0 Å². The Kier molecular flexibility index (Phi) is 11.3. The lowest BCUT2D eigenvalue weighted by Gasteiger charge is -2.24. The number of amides is 4. The van der Waals surface area contributed by atoms with Crippen molar-refractivity contribution in [2.24, 2.45) is 0 Å². The van der Waals surface area contributed by atoms with Crippen LogP contribution in [-0.2, 0) is 9.59 Å². The van der Waals surface area contributed by atoms with Crippen LogP contribution in [0.3, 0.4) is 0 Å². The smallest absolute Gasteiger partial charge is 0.257 e. The number of rotatable bonds is 10. The van der Waals surface area contributed by atoms with Gasteiger partial charge in [-0.25, -0.2) is 9.97 Å². The first-order valence-corrected chi connectivity index (χ1v) is 18.9. The third-order valence-corrected chi connectivity index (χ3v) is 10.3. The minimum Gasteiger partial charge on any atom is -0.327 e. The standard InChI is InChI=1S/C38H38N6O4S2/c1-49-35-29(7-3-21-39-35)37(47)43-23-5-9-31(43)33(45)41-27-17-13-25(14-18-27)11-12-26-15-19-28(20-16-26)42-34(46)32-10-6-24-44(32)38(48)30-8-4-22-40-36(30)50-2/h3-4,7-8,11-22,31-32H,5-6,9-10,23-24H2,1-2H3,(H,41,45)(H,42,46)/t31-,32-/m0/s1. The number of anilines is 2. The molecule has 4 heterocycles. The molecule has 2 atom stereocenters. The van der Waals surface area contributed by atoms with Crippen LogP contribution in [0.5, 0.6) is 0 Å². The van der Waals surface area contributed by atoms with E-state index in [-0.39, 0.29) is 23.6 Å². The summed E-state index contributed by atoms with van der Waals surface area (Å²) in [6, 6.07) is 21.0. The van der Waals surface area contributed by atoms with Gasteiger partial charge in [-0.05, 0) is 97.9 Å². The molecule has 2 aliphatic rings. The van der Waals surface area contributed by atoms with E-state index in [1.54, 1.807) is 46.5 Å². The molecular formula is C38H38N6O4S2. The van der Waals surface area contributed by atoms with Crippen LogP contribution < -0.4 is 10.6 Å². The monoisotopic (exact) mass is 706 g/mol. The van der Waals surface area contributed by atoms with Crippen molar-refractivity contribution < 1.29 is 19.2 Å². The fraction of sp³-hybridized carbons (Fsp3) is 0.263. The number of aromatic nitrogens is 2. The highest BCUT2D eigenvalue weighted by Gasteiger charge is 2.36. The number of nitrogens with zero attached hydrogens (tertiary/aromatic N) is 4. The molecule has 0 bridgehead atoms. The van der Waals surface area contributed by atoms with Crippen LogP contribution in [0.15, 0.2) is 95.2 Å². The van der Waals surface area contributed by atoms with Gasteiger partial charge in [0.1, 0.15) is 22.1 Å². The summed E-state index contributed by atoms with van der Waals surface area (Å²) < 4.78 is 0. The van der Waals surface area contributed by atoms with E-state index in [4.69, 9.17) is 0 Å². The highest BCUT2D eigenvalue weighted by atomic mass is 32.2. The molecule has 2 fully saturated rings. The van der Waals surface area contributed by atoms with Crippen molar-refractivity contribution in [2.75, 3.05) is 36.2 Å². The Hall–Kier alpha value is -4.94. The number of carbonyl (C=O) groups is 4. The van der Waals surface area contributed by atoms with Gasteiger partial charge in [0.05, 0.1) is 11.1 Å². The van der Waals surface area contributed by atoms with Crippen molar-refractivity contribution in [3.63, 3.8) is 0 Å². The summed E-state index contributed by atoms with van der Waals surface area (Å²) in [6.07, 6.45) is 13.8. The maximum Gasteiger partial charge on any atom is 0.257 e. The molecule has 0 saturated carbocycles. The fourth-order valence-corrected chi connectivity index (χ4v) is 7.39. The Morgan fingerprint density at radius 2 is 1.04 bits per heavy atom. The minimum absolute atomic E-state index is 0.172. The average molecular weight is 707 g/mol. The minimum atomic E-state index is -0.538. The molecule has 10 nitrogen and oxygen atoms in total. The number of benzene rings is 2. The maximum atomic E-state index is 13.3. The van der Waals surface area contributed by atoms with Gasteiger partial charge in [0.2, 0.25) is 11.8 Å². The Labute approximate surface area is 300 Å². The van der Waals surface area contributed by atoms with Crippen LogP contribution in [0.4, 0.5) is 11.4 Å². The maximum absolute atomic E-state index is 13.3. The summed E-state index contributed by atoms with van der Waals surface area (Å²) in [5.74, 6) is -0.748. The number of hydrogen-bond acceptors (Lipinski definition) is 8. The normalized spacial score (nSPS) is 17.2. The highest BCUT2D eigenvalue weighted by molar-refractivity contribution is 7.98. The molecule has 0 radical (unpaired) electrons. The number of pyridine rings is 2. The molecule has 2 saturated heterocycles. The van der Waals surface area contributed by atoms with E-state index in [0.717, 1.165) is 24.0 Å². The molecule has 0 unspecified atom stereocenters. The molecule has 50 heavy (non-hydrogen) atoms. The molecule has 0 aliphatic carbocycles. The summed E-state index contributed by atoms with van der Waals surface area (Å²) in [4.78, 5) is 64.9. The lowest BCUT2D eigenvalue weighted by molar-refractivity contribution is -0.120. The zero-order chi connectivity index (χ0) is 35.0. The van der Waals surface area contributed by atoms with E-state index in [0.29, 0.717) is 58.5 Å². The van der Waals surface area contributed by atoms with Gasteiger partial charge in [0.25, 0.3) is 11.8 Å². The summed E-state index contributed by atoms with van der Waals surface area (Å²) in [6.45, 7) is 1.06. The van der Waals surface area contributed by atoms with Crippen molar-refractivity contribution in [3.8, 4) is 0 Å². The van der Waals surface area contributed by atoms with Gasteiger partial charge in [0, 0.05) is 36.9 Å². The Morgan fingerprint density at radius 1 is 0.640 bits per heavy atom. The predicted molar refractivity (Wildman–Crippen MR) is 199 cm³/mol. The van der Waals surface area contributed by atoms with E-state index in [1.165, 1.54) is 23.5 Å². The van der Waals surface area contributed by atoms with Gasteiger partial charge in [-0.2, -0.15) is 0 Å². The van der Waals surface area contributed by atoms with E-state index in [2.05, 4.69) is 20.6 Å². The largest absolute Gasteiger partial charge is 0.327 e. The lowest BCUT2D eigenvalue weighted by Crippen LogP contribution is -2.43. The van der Waals surface area contributed by atoms with Crippen LogP contribution in [0.2, 0.25) is 0 Å². The topological polar surface area (TPSA) is 125 Å². The summed E-state index contributed by atoms with van der Waals surface area (Å²) in [5.41, 5.74) is 4.25. The number of hydrogen-bond donors (Lipinski definition) is 2. The van der Waals surface area contributed by atoms with Crippen LogP contribution in [0, 0.1) is 0 Å². The summed E-state index contributed by atoms with van der Waals surface area (Å²) in [7, 11) is 0. The fourth-order valence-electron chi connectivity index (χ4n) is 6.31. The quantitative estimate of drug-likeness (QED) is 0.140. The van der Waals surface area contributed by atoms with Gasteiger partial charge in [-0.15, -0.1) is 23.5 Å². The lowest BCUT2D eigenvalue weighted by atomic mass is 10.1. The summed E-state index contributed by atoms with van der Waals surface area (Å²) >= 11 is 2.83. The molecule has 2 N–H and O–H groups in total. The van der Waals surface area contributed by atoms with Crippen molar-refractivity contribution >= 4 is 70.7 Å². The second-order valence-electron chi connectivity index (χ2n) is 12.0. The molecule has 2 aromatic heterocycles. The Morgan fingerprint density at radius 3 is 1.42 bits per heavy atom. The predicted octanol–water partition coefficient (Wildman–Crippen LogP) is 6.58. The zero-order valence-corrected chi connectivity index (χ0v) is 29.5. The van der Waals surface area contributed by atoms with Crippen LogP contribution >= 0.6 is 23.5 Å². The highest BCUT2D eigenvalue weighted by Crippen LogP contribution is 2.27. The molecule has 12 heteroatoms. The van der Waals surface area contributed by atoms with Gasteiger partial charge in [-0.1, -0.05) is 36.4 Å². The van der Waals surface area contributed by atoms with Gasteiger partial charge < -0.3 is 20.4 Å². The molecular weight excluding hydrogens is 669 g/mol. The van der Waals surface area contributed by atoms with E-state index >= 15 is 0 Å².